The zero-order valence-corrected chi connectivity index (χ0v) is 17.1. The standard InChI is InChI=1S/C22H29N3O3/c1-15-7-9-17(10-8-15)22(3,4)12-11-20(26)25-13-5-6-18(25)21(27)23-19-14-16(2)28-24-19/h7-10,14,18H,5-6,11-13H2,1-4H3,(H,23,24,27)/t18-/m0/s1. The zero-order valence-electron chi connectivity index (χ0n) is 17.1. The van der Waals surface area contributed by atoms with E-state index in [1.54, 1.807) is 17.9 Å². The third-order valence-electron chi connectivity index (χ3n) is 5.55. The van der Waals surface area contributed by atoms with Gasteiger partial charge in [-0.15, -0.1) is 0 Å². The summed E-state index contributed by atoms with van der Waals surface area (Å²) >= 11 is 0. The maximum absolute atomic E-state index is 12.9. The molecule has 150 valence electrons. The molecule has 0 bridgehead atoms. The van der Waals surface area contributed by atoms with E-state index in [0.29, 0.717) is 31.0 Å². The number of amides is 2. The number of nitrogens with zero attached hydrogens (tertiary/aromatic N) is 2. The van der Waals surface area contributed by atoms with E-state index >= 15 is 0 Å². The largest absolute Gasteiger partial charge is 0.360 e. The van der Waals surface area contributed by atoms with Crippen LogP contribution in [0.4, 0.5) is 5.82 Å². The maximum Gasteiger partial charge on any atom is 0.248 e. The van der Waals surface area contributed by atoms with Crippen molar-refractivity contribution in [3.05, 3.63) is 47.2 Å². The van der Waals surface area contributed by atoms with E-state index < -0.39 is 6.04 Å². The summed E-state index contributed by atoms with van der Waals surface area (Å²) < 4.78 is 4.98. The van der Waals surface area contributed by atoms with Gasteiger partial charge in [0.2, 0.25) is 11.8 Å². The minimum atomic E-state index is -0.438. The van der Waals surface area contributed by atoms with Crippen molar-refractivity contribution >= 4 is 17.6 Å². The quantitative estimate of drug-likeness (QED) is 0.819. The molecule has 1 aromatic carbocycles. The summed E-state index contributed by atoms with van der Waals surface area (Å²) in [4.78, 5) is 27.2. The van der Waals surface area contributed by atoms with Crippen LogP contribution in [0.15, 0.2) is 34.9 Å². The number of likely N-dealkylation sites (tertiary alicyclic amines) is 1. The smallest absolute Gasteiger partial charge is 0.248 e. The summed E-state index contributed by atoms with van der Waals surface area (Å²) in [5.41, 5.74) is 2.35. The van der Waals surface area contributed by atoms with E-state index in [4.69, 9.17) is 4.52 Å². The highest BCUT2D eigenvalue weighted by atomic mass is 16.5. The van der Waals surface area contributed by atoms with Gasteiger partial charge in [0.15, 0.2) is 5.82 Å². The molecule has 2 amide bonds. The molecule has 2 aromatic rings. The molecule has 1 atom stereocenters. The van der Waals surface area contributed by atoms with E-state index in [0.717, 1.165) is 12.8 Å². The van der Waals surface area contributed by atoms with Crippen LogP contribution in [-0.4, -0.2) is 34.5 Å². The number of aromatic nitrogens is 1. The van der Waals surface area contributed by atoms with Crippen molar-refractivity contribution in [3.8, 4) is 0 Å². The maximum atomic E-state index is 12.9. The molecule has 2 heterocycles. The van der Waals surface area contributed by atoms with Gasteiger partial charge >= 0.3 is 0 Å². The van der Waals surface area contributed by atoms with Gasteiger partial charge in [0.25, 0.3) is 0 Å². The molecule has 0 aliphatic carbocycles. The van der Waals surface area contributed by atoms with E-state index in [-0.39, 0.29) is 17.2 Å². The lowest BCUT2D eigenvalue weighted by Gasteiger charge is -2.28. The number of anilines is 1. The van der Waals surface area contributed by atoms with Crippen molar-refractivity contribution < 1.29 is 14.1 Å². The molecule has 1 saturated heterocycles. The van der Waals surface area contributed by atoms with Crippen LogP contribution in [0.5, 0.6) is 0 Å². The number of carbonyl (C=O) groups excluding carboxylic acids is 2. The van der Waals surface area contributed by atoms with Gasteiger partial charge in [-0.3, -0.25) is 9.59 Å². The van der Waals surface area contributed by atoms with Gasteiger partial charge in [-0.2, -0.15) is 0 Å². The van der Waals surface area contributed by atoms with E-state index in [2.05, 4.69) is 55.5 Å². The van der Waals surface area contributed by atoms with Crippen molar-refractivity contribution in [2.75, 3.05) is 11.9 Å². The van der Waals surface area contributed by atoms with Crippen molar-refractivity contribution in [1.82, 2.24) is 10.1 Å². The van der Waals surface area contributed by atoms with Gasteiger partial charge in [0, 0.05) is 19.0 Å². The van der Waals surface area contributed by atoms with Crippen molar-refractivity contribution in [2.45, 2.75) is 64.8 Å². The molecule has 6 nitrogen and oxygen atoms in total. The first-order valence-corrected chi connectivity index (χ1v) is 9.87. The zero-order chi connectivity index (χ0) is 20.3. The molecule has 3 rings (SSSR count). The molecule has 0 unspecified atom stereocenters. The Morgan fingerprint density at radius 2 is 1.96 bits per heavy atom. The molecular formula is C22H29N3O3. The van der Waals surface area contributed by atoms with Gasteiger partial charge in [0.05, 0.1) is 0 Å². The lowest BCUT2D eigenvalue weighted by atomic mass is 9.80. The topological polar surface area (TPSA) is 75.4 Å². The Hall–Kier alpha value is -2.63. The molecule has 0 saturated carbocycles. The van der Waals surface area contributed by atoms with Crippen molar-refractivity contribution in [2.24, 2.45) is 0 Å². The molecule has 1 N–H and O–H groups in total. The Kier molecular flexibility index (Phi) is 5.87. The van der Waals surface area contributed by atoms with Crippen LogP contribution in [0.3, 0.4) is 0 Å². The minimum absolute atomic E-state index is 0.0363. The second-order valence-electron chi connectivity index (χ2n) is 8.31. The Bertz CT molecular complexity index is 839. The first-order valence-electron chi connectivity index (χ1n) is 9.87. The molecule has 6 heteroatoms. The van der Waals surface area contributed by atoms with Crippen LogP contribution in [0.1, 0.15) is 56.4 Å². The van der Waals surface area contributed by atoms with Gasteiger partial charge < -0.3 is 14.7 Å². The number of aryl methyl sites for hydroxylation is 2. The molecule has 0 spiro atoms. The second kappa shape index (κ2) is 8.17. The Morgan fingerprint density at radius 1 is 1.25 bits per heavy atom. The molecular weight excluding hydrogens is 354 g/mol. The Labute approximate surface area is 166 Å². The third kappa shape index (κ3) is 4.61. The van der Waals surface area contributed by atoms with E-state index in [1.807, 2.05) is 0 Å². The van der Waals surface area contributed by atoms with Gasteiger partial charge in [-0.25, -0.2) is 0 Å². The Balaban J connectivity index is 1.59. The molecule has 28 heavy (non-hydrogen) atoms. The van der Waals surface area contributed by atoms with E-state index in [1.165, 1.54) is 11.1 Å². The first kappa shape index (κ1) is 20.1. The number of carbonyl (C=O) groups is 2. The average molecular weight is 383 g/mol. The summed E-state index contributed by atoms with van der Waals surface area (Å²) in [5.74, 6) is 0.862. The summed E-state index contributed by atoms with van der Waals surface area (Å²) in [6.07, 6.45) is 2.68. The van der Waals surface area contributed by atoms with Crippen LogP contribution >= 0.6 is 0 Å². The fourth-order valence-electron chi connectivity index (χ4n) is 3.68. The summed E-state index contributed by atoms with van der Waals surface area (Å²) in [6.45, 7) is 8.78. The van der Waals surface area contributed by atoms with Gasteiger partial charge in [0.1, 0.15) is 11.8 Å². The highest BCUT2D eigenvalue weighted by Crippen LogP contribution is 2.30. The third-order valence-corrected chi connectivity index (χ3v) is 5.55. The van der Waals surface area contributed by atoms with Crippen LogP contribution in [-0.2, 0) is 15.0 Å². The van der Waals surface area contributed by atoms with Crippen molar-refractivity contribution in [1.29, 1.82) is 0 Å². The highest BCUT2D eigenvalue weighted by Gasteiger charge is 2.35. The lowest BCUT2D eigenvalue weighted by molar-refractivity contribution is -0.136. The SMILES string of the molecule is Cc1ccc(C(C)(C)CCC(=O)N2CCC[C@H]2C(=O)Nc2cc(C)on2)cc1. The fourth-order valence-corrected chi connectivity index (χ4v) is 3.68. The molecule has 0 radical (unpaired) electrons. The fraction of sp³-hybridized carbons (Fsp3) is 0.500. The van der Waals surface area contributed by atoms with Crippen LogP contribution < -0.4 is 5.32 Å². The normalized spacial score (nSPS) is 17.0. The summed E-state index contributed by atoms with van der Waals surface area (Å²) in [5, 5.41) is 6.55. The van der Waals surface area contributed by atoms with Gasteiger partial charge in [-0.05, 0) is 44.1 Å². The van der Waals surface area contributed by atoms with Crippen LogP contribution in [0.25, 0.3) is 0 Å². The van der Waals surface area contributed by atoms with Gasteiger partial charge in [-0.1, -0.05) is 48.8 Å². The first-order chi connectivity index (χ1) is 13.3. The van der Waals surface area contributed by atoms with Crippen LogP contribution in [0, 0.1) is 13.8 Å². The molecule has 1 aliphatic rings. The number of hydrogen-bond acceptors (Lipinski definition) is 4. The minimum Gasteiger partial charge on any atom is -0.360 e. The summed E-state index contributed by atoms with van der Waals surface area (Å²) in [7, 11) is 0. The highest BCUT2D eigenvalue weighted by molar-refractivity contribution is 5.96. The Morgan fingerprint density at radius 3 is 2.61 bits per heavy atom. The molecule has 1 aliphatic heterocycles. The number of hydrogen-bond donors (Lipinski definition) is 1. The predicted molar refractivity (Wildman–Crippen MR) is 108 cm³/mol. The molecule has 1 aromatic heterocycles. The molecule has 1 fully saturated rings. The monoisotopic (exact) mass is 383 g/mol. The van der Waals surface area contributed by atoms with Crippen LogP contribution in [0.2, 0.25) is 0 Å². The second-order valence-corrected chi connectivity index (χ2v) is 8.31. The van der Waals surface area contributed by atoms with Crippen molar-refractivity contribution in [3.63, 3.8) is 0 Å². The lowest BCUT2D eigenvalue weighted by Crippen LogP contribution is -2.43. The average Bonchev–Trinajstić information content (AvgIpc) is 3.29. The number of nitrogens with one attached hydrogen (secondary N) is 1. The summed E-state index contributed by atoms with van der Waals surface area (Å²) in [6, 6.07) is 9.70. The predicted octanol–water partition coefficient (Wildman–Crippen LogP) is 3.98. The number of rotatable bonds is 6. The van der Waals surface area contributed by atoms with E-state index in [9.17, 15) is 9.59 Å². The number of benzene rings is 1.